The Balaban J connectivity index is 1.86. The number of rotatable bonds is 3. The van der Waals surface area contributed by atoms with Crippen molar-refractivity contribution in [2.24, 2.45) is 0 Å². The average Bonchev–Trinajstić information content (AvgIpc) is 2.92. The van der Waals surface area contributed by atoms with Gasteiger partial charge in [-0.15, -0.1) is 10.2 Å². The van der Waals surface area contributed by atoms with E-state index in [0.29, 0.717) is 5.82 Å². The third-order valence-electron chi connectivity index (χ3n) is 2.88. The van der Waals surface area contributed by atoms with E-state index >= 15 is 0 Å². The number of benzene rings is 2. The van der Waals surface area contributed by atoms with Gasteiger partial charge in [-0.3, -0.25) is 0 Å². The second-order valence-corrected chi connectivity index (χ2v) is 4.20. The van der Waals surface area contributed by atoms with Gasteiger partial charge in [0.15, 0.2) is 5.82 Å². The first kappa shape index (κ1) is 10.7. The number of hydrogen-bond donors (Lipinski definition) is 2. The standard InChI is InChI=1S/C13H13N5/c1-9(13-15-17-18-16-13)14-12-7-6-10-4-2-3-5-11(10)8-12/h2-9,14H,1H3,(H,15,16,17,18). The molecule has 0 saturated heterocycles. The summed E-state index contributed by atoms with van der Waals surface area (Å²) in [5.74, 6) is 0.656. The second kappa shape index (κ2) is 4.44. The maximum atomic E-state index is 3.96. The SMILES string of the molecule is CC(Nc1ccc2ccccc2c1)c1nn[nH]n1. The molecule has 5 nitrogen and oxygen atoms in total. The number of hydrogen-bond acceptors (Lipinski definition) is 4. The van der Waals surface area contributed by atoms with E-state index in [-0.39, 0.29) is 6.04 Å². The first-order chi connectivity index (χ1) is 8.83. The zero-order valence-corrected chi connectivity index (χ0v) is 9.96. The predicted molar refractivity (Wildman–Crippen MR) is 70.2 cm³/mol. The fourth-order valence-electron chi connectivity index (χ4n) is 1.95. The number of nitrogens with zero attached hydrogens (tertiary/aromatic N) is 3. The van der Waals surface area contributed by atoms with Crippen molar-refractivity contribution < 1.29 is 0 Å². The molecular weight excluding hydrogens is 226 g/mol. The zero-order valence-electron chi connectivity index (χ0n) is 9.96. The topological polar surface area (TPSA) is 66.5 Å². The first-order valence-electron chi connectivity index (χ1n) is 5.81. The Morgan fingerprint density at radius 1 is 1.11 bits per heavy atom. The molecule has 0 aliphatic heterocycles. The molecule has 2 N–H and O–H groups in total. The van der Waals surface area contributed by atoms with Gasteiger partial charge in [0.05, 0.1) is 6.04 Å². The molecule has 0 bridgehead atoms. The molecule has 90 valence electrons. The Bertz CT molecular complexity index is 647. The molecule has 1 unspecified atom stereocenters. The first-order valence-corrected chi connectivity index (χ1v) is 5.81. The summed E-state index contributed by atoms with van der Waals surface area (Å²) in [7, 11) is 0. The van der Waals surface area contributed by atoms with Crippen LogP contribution >= 0.6 is 0 Å². The van der Waals surface area contributed by atoms with Crippen LogP contribution in [0.3, 0.4) is 0 Å². The quantitative estimate of drug-likeness (QED) is 0.737. The van der Waals surface area contributed by atoms with E-state index in [2.05, 4.69) is 56.3 Å². The minimum Gasteiger partial charge on any atom is -0.375 e. The Hall–Kier alpha value is -2.43. The molecule has 0 saturated carbocycles. The molecule has 0 fully saturated rings. The number of tetrazole rings is 1. The van der Waals surface area contributed by atoms with Crippen LogP contribution in [0, 0.1) is 0 Å². The maximum absolute atomic E-state index is 3.96. The van der Waals surface area contributed by atoms with Crippen molar-refractivity contribution in [1.29, 1.82) is 0 Å². The fourth-order valence-corrected chi connectivity index (χ4v) is 1.95. The van der Waals surface area contributed by atoms with E-state index in [9.17, 15) is 0 Å². The van der Waals surface area contributed by atoms with Gasteiger partial charge in [0.25, 0.3) is 0 Å². The van der Waals surface area contributed by atoms with Crippen LogP contribution in [-0.2, 0) is 0 Å². The van der Waals surface area contributed by atoms with Crippen molar-refractivity contribution in [2.75, 3.05) is 5.32 Å². The van der Waals surface area contributed by atoms with Crippen LogP contribution in [0.1, 0.15) is 18.8 Å². The third kappa shape index (κ3) is 2.02. The van der Waals surface area contributed by atoms with Gasteiger partial charge in [-0.1, -0.05) is 35.5 Å². The molecule has 3 rings (SSSR count). The van der Waals surface area contributed by atoms with Crippen molar-refractivity contribution >= 4 is 16.5 Å². The largest absolute Gasteiger partial charge is 0.375 e. The summed E-state index contributed by atoms with van der Waals surface area (Å²) in [6.45, 7) is 2.00. The van der Waals surface area contributed by atoms with Crippen molar-refractivity contribution in [3.63, 3.8) is 0 Å². The minimum absolute atomic E-state index is 0.0184. The molecule has 1 heterocycles. The average molecular weight is 239 g/mol. The van der Waals surface area contributed by atoms with Gasteiger partial charge < -0.3 is 5.32 Å². The van der Waals surface area contributed by atoms with Gasteiger partial charge in [-0.25, -0.2) is 0 Å². The van der Waals surface area contributed by atoms with E-state index < -0.39 is 0 Å². The molecule has 3 aromatic rings. The summed E-state index contributed by atoms with van der Waals surface area (Å²) in [4.78, 5) is 0. The molecule has 18 heavy (non-hydrogen) atoms. The maximum Gasteiger partial charge on any atom is 0.196 e. The van der Waals surface area contributed by atoms with Crippen molar-refractivity contribution in [3.05, 3.63) is 48.3 Å². The number of H-pyrrole nitrogens is 1. The Kier molecular flexibility index (Phi) is 2.64. The van der Waals surface area contributed by atoms with Gasteiger partial charge >= 0.3 is 0 Å². The van der Waals surface area contributed by atoms with Crippen molar-refractivity contribution in [2.45, 2.75) is 13.0 Å². The van der Waals surface area contributed by atoms with E-state index in [1.165, 1.54) is 10.8 Å². The second-order valence-electron chi connectivity index (χ2n) is 4.20. The van der Waals surface area contributed by atoms with Crippen LogP contribution < -0.4 is 5.32 Å². The monoisotopic (exact) mass is 239 g/mol. The molecule has 0 spiro atoms. The molecular formula is C13H13N5. The van der Waals surface area contributed by atoms with Crippen LogP contribution in [0.5, 0.6) is 0 Å². The van der Waals surface area contributed by atoms with Crippen LogP contribution in [0.2, 0.25) is 0 Å². The van der Waals surface area contributed by atoms with Gasteiger partial charge in [0, 0.05) is 5.69 Å². The van der Waals surface area contributed by atoms with Crippen LogP contribution in [0.15, 0.2) is 42.5 Å². The lowest BCUT2D eigenvalue weighted by Gasteiger charge is -2.12. The number of fused-ring (bicyclic) bond motifs is 1. The lowest BCUT2D eigenvalue weighted by atomic mass is 10.1. The van der Waals surface area contributed by atoms with Gasteiger partial charge in [-0.05, 0) is 29.8 Å². The minimum atomic E-state index is 0.0184. The summed E-state index contributed by atoms with van der Waals surface area (Å²) in [6, 6.07) is 14.6. The van der Waals surface area contributed by atoms with E-state index in [0.717, 1.165) is 5.69 Å². The van der Waals surface area contributed by atoms with Gasteiger partial charge in [0.1, 0.15) is 0 Å². The Morgan fingerprint density at radius 2 is 1.94 bits per heavy atom. The number of anilines is 1. The highest BCUT2D eigenvalue weighted by molar-refractivity contribution is 5.85. The Labute approximate surface area is 104 Å². The normalized spacial score (nSPS) is 12.5. The highest BCUT2D eigenvalue weighted by atomic mass is 15.5. The lowest BCUT2D eigenvalue weighted by molar-refractivity contribution is 0.794. The zero-order chi connectivity index (χ0) is 12.4. The predicted octanol–water partition coefficient (Wildman–Crippen LogP) is 2.53. The molecule has 5 heteroatoms. The molecule has 0 aliphatic rings. The number of aromatic amines is 1. The highest BCUT2D eigenvalue weighted by Gasteiger charge is 2.09. The smallest absolute Gasteiger partial charge is 0.196 e. The number of aromatic nitrogens is 4. The summed E-state index contributed by atoms with van der Waals surface area (Å²) in [5.41, 5.74) is 1.05. The molecule has 0 amide bonds. The van der Waals surface area contributed by atoms with Crippen LogP contribution in [0.4, 0.5) is 5.69 Å². The van der Waals surface area contributed by atoms with Crippen LogP contribution in [0.25, 0.3) is 10.8 Å². The highest BCUT2D eigenvalue weighted by Crippen LogP contribution is 2.21. The molecule has 1 atom stereocenters. The van der Waals surface area contributed by atoms with Crippen molar-refractivity contribution in [3.8, 4) is 0 Å². The summed E-state index contributed by atoms with van der Waals surface area (Å²) in [6.07, 6.45) is 0. The summed E-state index contributed by atoms with van der Waals surface area (Å²) >= 11 is 0. The van der Waals surface area contributed by atoms with Gasteiger partial charge in [-0.2, -0.15) is 5.21 Å². The van der Waals surface area contributed by atoms with E-state index in [1.807, 2.05) is 19.1 Å². The third-order valence-corrected chi connectivity index (χ3v) is 2.88. The molecule has 0 radical (unpaired) electrons. The van der Waals surface area contributed by atoms with E-state index in [4.69, 9.17) is 0 Å². The molecule has 2 aromatic carbocycles. The van der Waals surface area contributed by atoms with Crippen LogP contribution in [-0.4, -0.2) is 20.6 Å². The van der Waals surface area contributed by atoms with Gasteiger partial charge in [0.2, 0.25) is 0 Å². The summed E-state index contributed by atoms with van der Waals surface area (Å²) < 4.78 is 0. The fraction of sp³-hybridized carbons (Fsp3) is 0.154. The number of nitrogens with one attached hydrogen (secondary N) is 2. The molecule has 1 aromatic heterocycles. The van der Waals surface area contributed by atoms with Crippen molar-refractivity contribution in [1.82, 2.24) is 20.6 Å². The van der Waals surface area contributed by atoms with E-state index in [1.54, 1.807) is 0 Å². The molecule has 0 aliphatic carbocycles. The Morgan fingerprint density at radius 3 is 2.72 bits per heavy atom. The summed E-state index contributed by atoms with van der Waals surface area (Å²) in [5, 5.41) is 19.7. The lowest BCUT2D eigenvalue weighted by Crippen LogP contribution is -2.08.